The van der Waals surface area contributed by atoms with Crippen molar-refractivity contribution in [2.75, 3.05) is 0 Å². The number of hydrogen-bond acceptors (Lipinski definition) is 1. The minimum absolute atomic E-state index is 0.124. The lowest BCUT2D eigenvalue weighted by Crippen LogP contribution is -2.16. The Morgan fingerprint density at radius 1 is 0.254 bits per heavy atom. The first-order valence-corrected chi connectivity index (χ1v) is 22.4. The largest absolute Gasteiger partial charge is 0.256 e. The molecule has 1 aromatic heterocycles. The normalized spacial score (nSPS) is 15.2. The number of fused-ring (bicyclic) bond motifs is 9. The fraction of sp³-hybridized carbons (Fsp3) is 0.145. The summed E-state index contributed by atoms with van der Waals surface area (Å²) in [6.45, 7) is 14.3. The fourth-order valence-electron chi connectivity index (χ4n) is 11.4. The Labute approximate surface area is 371 Å². The molecule has 0 atom stereocenters. The van der Waals surface area contributed by atoms with Crippen LogP contribution in [0.4, 0.5) is 0 Å². The smallest absolute Gasteiger partial charge is 0.0702 e. The molecule has 0 saturated heterocycles. The summed E-state index contributed by atoms with van der Waals surface area (Å²) in [6.07, 6.45) is 1.88. The van der Waals surface area contributed by atoms with Gasteiger partial charge in [-0.25, -0.2) is 0 Å². The lowest BCUT2D eigenvalue weighted by atomic mass is 9.79. The van der Waals surface area contributed by atoms with E-state index in [1.807, 2.05) is 12.3 Å². The van der Waals surface area contributed by atoms with E-state index in [2.05, 4.69) is 222 Å². The average Bonchev–Trinajstić information content (AvgIpc) is 3.80. The van der Waals surface area contributed by atoms with Crippen molar-refractivity contribution in [2.24, 2.45) is 0 Å². The van der Waals surface area contributed by atoms with Gasteiger partial charge in [0.2, 0.25) is 0 Å². The number of rotatable bonds is 5. The quantitative estimate of drug-likeness (QED) is 0.169. The third-order valence-corrected chi connectivity index (χ3v) is 15.0. The zero-order valence-electron chi connectivity index (χ0n) is 36.8. The van der Waals surface area contributed by atoms with Crippen LogP contribution >= 0.6 is 0 Å². The van der Waals surface area contributed by atoms with Crippen LogP contribution in [0, 0.1) is 0 Å². The predicted molar refractivity (Wildman–Crippen MR) is 264 cm³/mol. The average molecular weight is 808 g/mol. The van der Waals surface area contributed by atoms with E-state index in [-0.39, 0.29) is 16.2 Å². The summed E-state index contributed by atoms with van der Waals surface area (Å²) >= 11 is 0. The zero-order valence-corrected chi connectivity index (χ0v) is 36.8. The Balaban J connectivity index is 0.853. The molecule has 302 valence electrons. The van der Waals surface area contributed by atoms with Crippen molar-refractivity contribution in [3.63, 3.8) is 0 Å². The highest BCUT2D eigenvalue weighted by molar-refractivity contribution is 5.91. The molecule has 0 radical (unpaired) electrons. The number of benzene rings is 8. The monoisotopic (exact) mass is 807 g/mol. The summed E-state index contributed by atoms with van der Waals surface area (Å²) in [4.78, 5) is 4.64. The third kappa shape index (κ3) is 5.58. The second-order valence-electron chi connectivity index (χ2n) is 19.6. The van der Waals surface area contributed by atoms with E-state index in [9.17, 15) is 0 Å². The second-order valence-corrected chi connectivity index (χ2v) is 19.6. The summed E-state index contributed by atoms with van der Waals surface area (Å²) in [5, 5.41) is 0. The van der Waals surface area contributed by atoms with Gasteiger partial charge in [0, 0.05) is 28.0 Å². The highest BCUT2D eigenvalue weighted by atomic mass is 14.7. The maximum Gasteiger partial charge on any atom is 0.0702 e. The van der Waals surface area contributed by atoms with Gasteiger partial charge in [0.05, 0.1) is 5.69 Å². The van der Waals surface area contributed by atoms with Crippen molar-refractivity contribution in [1.82, 2.24) is 4.98 Å². The summed E-state index contributed by atoms with van der Waals surface area (Å²) < 4.78 is 0. The van der Waals surface area contributed by atoms with E-state index in [1.165, 1.54) is 117 Å². The van der Waals surface area contributed by atoms with Crippen LogP contribution in [-0.2, 0) is 16.2 Å². The molecular weight excluding hydrogens is 759 g/mol. The van der Waals surface area contributed by atoms with Crippen molar-refractivity contribution in [3.8, 4) is 89.1 Å². The van der Waals surface area contributed by atoms with E-state index in [4.69, 9.17) is 0 Å². The number of nitrogens with zero attached hydrogens (tertiary/aromatic N) is 1. The van der Waals surface area contributed by atoms with Gasteiger partial charge in [-0.05, 0) is 160 Å². The zero-order chi connectivity index (χ0) is 42.8. The Morgan fingerprint density at radius 2 is 0.571 bits per heavy atom. The topological polar surface area (TPSA) is 12.9 Å². The molecule has 1 heterocycles. The molecule has 12 rings (SSSR count). The molecule has 3 aliphatic carbocycles. The maximum atomic E-state index is 4.64. The molecule has 0 bridgehead atoms. The van der Waals surface area contributed by atoms with Gasteiger partial charge in [0.15, 0.2) is 0 Å². The Hall–Kier alpha value is -7.09. The Kier molecular flexibility index (Phi) is 8.04. The lowest BCUT2D eigenvalue weighted by Gasteiger charge is -2.24. The highest BCUT2D eigenvalue weighted by Gasteiger charge is 2.39. The highest BCUT2D eigenvalue weighted by Crippen LogP contribution is 2.55. The van der Waals surface area contributed by atoms with Crippen molar-refractivity contribution < 1.29 is 0 Å². The van der Waals surface area contributed by atoms with Gasteiger partial charge in [-0.3, -0.25) is 4.98 Å². The van der Waals surface area contributed by atoms with Crippen LogP contribution in [0.1, 0.15) is 74.9 Å². The molecule has 3 aliphatic rings. The molecule has 0 amide bonds. The minimum atomic E-state index is -0.149. The molecule has 1 nitrogen and oxygen atoms in total. The van der Waals surface area contributed by atoms with Gasteiger partial charge in [-0.1, -0.05) is 175 Å². The van der Waals surface area contributed by atoms with Crippen molar-refractivity contribution in [2.45, 2.75) is 57.8 Å². The first kappa shape index (κ1) is 37.7. The molecule has 0 aliphatic heterocycles. The van der Waals surface area contributed by atoms with Crippen molar-refractivity contribution in [3.05, 3.63) is 222 Å². The molecule has 0 N–H and O–H groups in total. The van der Waals surface area contributed by atoms with Crippen LogP contribution in [0.2, 0.25) is 0 Å². The molecule has 1 heteroatoms. The first-order chi connectivity index (χ1) is 30.5. The van der Waals surface area contributed by atoms with Gasteiger partial charge >= 0.3 is 0 Å². The lowest BCUT2D eigenvalue weighted by molar-refractivity contribution is 0.659. The maximum absolute atomic E-state index is 4.64. The molecule has 0 saturated carbocycles. The number of aromatic nitrogens is 1. The number of hydrogen-bond donors (Lipinski definition) is 0. The molecule has 63 heavy (non-hydrogen) atoms. The molecule has 9 aromatic rings. The molecule has 8 aromatic carbocycles. The first-order valence-electron chi connectivity index (χ1n) is 22.4. The minimum Gasteiger partial charge on any atom is -0.256 e. The van der Waals surface area contributed by atoms with E-state index in [1.54, 1.807) is 0 Å². The summed E-state index contributed by atoms with van der Waals surface area (Å²) in [7, 11) is 0. The van der Waals surface area contributed by atoms with Crippen molar-refractivity contribution in [1.29, 1.82) is 0 Å². The number of pyridine rings is 1. The van der Waals surface area contributed by atoms with E-state index >= 15 is 0 Å². The van der Waals surface area contributed by atoms with E-state index in [0.717, 1.165) is 5.69 Å². The van der Waals surface area contributed by atoms with Gasteiger partial charge in [-0.15, -0.1) is 0 Å². The fourth-order valence-corrected chi connectivity index (χ4v) is 11.4. The van der Waals surface area contributed by atoms with Gasteiger partial charge < -0.3 is 0 Å². The van der Waals surface area contributed by atoms with Crippen LogP contribution in [0.25, 0.3) is 89.1 Å². The second kappa shape index (κ2) is 13.5. The standard InChI is InChI=1S/C62H49N/c1-60(2)53-32-39(41-21-27-49-51-29-23-43(36-57(51)61(3,4)55(49)34-41)46-17-11-10-16-45(46)38-14-8-7-9-15-38)19-25-47(53)48-26-20-40(33-54(48)60)42-22-28-50-52-30-24-44(59-18-12-13-31-63-59)37-58(52)62(5,6)56(50)35-42/h7-37H,1-6H3. The van der Waals surface area contributed by atoms with Crippen LogP contribution in [0.5, 0.6) is 0 Å². The third-order valence-electron chi connectivity index (χ3n) is 15.0. The molecule has 0 fully saturated rings. The van der Waals surface area contributed by atoms with Crippen LogP contribution in [-0.4, -0.2) is 4.98 Å². The van der Waals surface area contributed by atoms with E-state index < -0.39 is 0 Å². The van der Waals surface area contributed by atoms with Gasteiger partial charge in [0.1, 0.15) is 0 Å². The SMILES string of the molecule is CC1(C)c2cc(-c3ccc4c(c3)C(C)(C)c3cc(-c5ccccn5)ccc3-4)ccc2-c2ccc(-c3ccc4c(c3)C(C)(C)c3cc(-c5ccccc5-c5ccccc5)ccc3-4)cc21. The Morgan fingerprint density at radius 3 is 0.968 bits per heavy atom. The van der Waals surface area contributed by atoms with Gasteiger partial charge in [-0.2, -0.15) is 0 Å². The summed E-state index contributed by atoms with van der Waals surface area (Å²) in [5.74, 6) is 0. The van der Waals surface area contributed by atoms with Crippen LogP contribution < -0.4 is 0 Å². The van der Waals surface area contributed by atoms with Crippen LogP contribution in [0.3, 0.4) is 0 Å². The predicted octanol–water partition coefficient (Wildman–Crippen LogP) is 16.3. The summed E-state index contributed by atoms with van der Waals surface area (Å²) in [5.41, 5.74) is 28.3. The summed E-state index contributed by atoms with van der Waals surface area (Å²) in [6, 6.07) is 68.3. The molecule has 0 unspecified atom stereocenters. The van der Waals surface area contributed by atoms with E-state index in [0.29, 0.717) is 0 Å². The van der Waals surface area contributed by atoms with Crippen molar-refractivity contribution >= 4 is 0 Å². The Bertz CT molecular complexity index is 3340. The van der Waals surface area contributed by atoms with Crippen LogP contribution in [0.15, 0.2) is 188 Å². The molecule has 0 spiro atoms. The molecular formula is C62H49N. The van der Waals surface area contributed by atoms with Gasteiger partial charge in [0.25, 0.3) is 0 Å².